The lowest BCUT2D eigenvalue weighted by Crippen LogP contribution is -2.31. The lowest BCUT2D eigenvalue weighted by Gasteiger charge is -2.25. The monoisotopic (exact) mass is 457 g/mol. The quantitative estimate of drug-likeness (QED) is 0.387. The molecular formula is C22H20BrNO5. The lowest BCUT2D eigenvalue weighted by atomic mass is 9.95. The van der Waals surface area contributed by atoms with Crippen LogP contribution in [-0.4, -0.2) is 39.3 Å². The maximum atomic E-state index is 12.8. The van der Waals surface area contributed by atoms with Gasteiger partial charge in [-0.3, -0.25) is 14.4 Å². The van der Waals surface area contributed by atoms with E-state index in [4.69, 9.17) is 5.11 Å². The van der Waals surface area contributed by atoms with Gasteiger partial charge >= 0.3 is 5.97 Å². The van der Waals surface area contributed by atoms with E-state index >= 15 is 0 Å². The largest absolute Gasteiger partial charge is 0.507 e. The number of hydrogen-bond acceptors (Lipinski definition) is 4. The number of hydrogen-bond donors (Lipinski definition) is 2. The van der Waals surface area contributed by atoms with E-state index in [-0.39, 0.29) is 30.7 Å². The topological polar surface area (TPSA) is 94.9 Å². The Morgan fingerprint density at radius 1 is 1.03 bits per heavy atom. The highest BCUT2D eigenvalue weighted by Gasteiger charge is 2.45. The van der Waals surface area contributed by atoms with Crippen LogP contribution in [0.25, 0.3) is 5.76 Å². The van der Waals surface area contributed by atoms with Gasteiger partial charge in [-0.15, -0.1) is 0 Å². The minimum atomic E-state index is -0.971. The van der Waals surface area contributed by atoms with Gasteiger partial charge in [-0.25, -0.2) is 0 Å². The van der Waals surface area contributed by atoms with Crippen molar-refractivity contribution in [2.24, 2.45) is 0 Å². The van der Waals surface area contributed by atoms with Crippen molar-refractivity contribution < 1.29 is 24.6 Å². The van der Waals surface area contributed by atoms with Gasteiger partial charge in [0.1, 0.15) is 5.76 Å². The van der Waals surface area contributed by atoms with E-state index < -0.39 is 23.7 Å². The Kier molecular flexibility index (Phi) is 6.17. The fraction of sp³-hybridized carbons (Fsp3) is 0.227. The molecule has 7 heteroatoms. The highest BCUT2D eigenvalue weighted by molar-refractivity contribution is 9.10. The molecule has 1 heterocycles. The number of Topliss-reactive ketones (excluding diaryl/α,β-unsaturated/α-hetero) is 1. The summed E-state index contributed by atoms with van der Waals surface area (Å²) in [5.41, 5.74) is 2.12. The molecule has 0 radical (unpaired) electrons. The molecule has 0 unspecified atom stereocenters. The first-order valence-corrected chi connectivity index (χ1v) is 9.91. The van der Waals surface area contributed by atoms with Crippen molar-refractivity contribution in [3.05, 3.63) is 75.3 Å². The van der Waals surface area contributed by atoms with Crippen LogP contribution in [0.4, 0.5) is 0 Å². The van der Waals surface area contributed by atoms with E-state index in [0.29, 0.717) is 11.1 Å². The minimum absolute atomic E-state index is 0.0106. The summed E-state index contributed by atoms with van der Waals surface area (Å²) in [7, 11) is 0. The molecule has 1 fully saturated rings. The number of carbonyl (C=O) groups is 3. The number of aliphatic carboxylic acids is 1. The molecule has 0 aliphatic carbocycles. The number of amides is 1. The number of likely N-dealkylation sites (tertiary alicyclic amines) is 1. The van der Waals surface area contributed by atoms with E-state index in [1.807, 2.05) is 19.1 Å². The van der Waals surface area contributed by atoms with Crippen LogP contribution in [0.2, 0.25) is 0 Å². The summed E-state index contributed by atoms with van der Waals surface area (Å²) >= 11 is 3.36. The van der Waals surface area contributed by atoms with Crippen molar-refractivity contribution in [2.75, 3.05) is 6.54 Å². The number of aliphatic hydroxyl groups excluding tert-OH is 1. The normalized spacial score (nSPS) is 18.3. The van der Waals surface area contributed by atoms with Crippen LogP contribution < -0.4 is 0 Å². The third-order valence-corrected chi connectivity index (χ3v) is 5.37. The molecule has 2 aromatic rings. The van der Waals surface area contributed by atoms with Gasteiger partial charge < -0.3 is 15.1 Å². The highest BCUT2D eigenvalue weighted by Crippen LogP contribution is 2.39. The third-order valence-electron chi connectivity index (χ3n) is 4.84. The van der Waals surface area contributed by atoms with Crippen LogP contribution >= 0.6 is 15.9 Å². The molecule has 1 atom stereocenters. The molecule has 29 heavy (non-hydrogen) atoms. The smallest absolute Gasteiger partial charge is 0.303 e. The first-order chi connectivity index (χ1) is 13.8. The second-order valence-electron chi connectivity index (χ2n) is 6.91. The lowest BCUT2D eigenvalue weighted by molar-refractivity contribution is -0.140. The Bertz CT molecular complexity index is 979. The molecule has 1 aliphatic heterocycles. The Morgan fingerprint density at radius 3 is 2.24 bits per heavy atom. The highest BCUT2D eigenvalue weighted by atomic mass is 79.9. The van der Waals surface area contributed by atoms with Gasteiger partial charge in [0.05, 0.1) is 11.6 Å². The molecule has 0 bridgehead atoms. The number of benzene rings is 2. The summed E-state index contributed by atoms with van der Waals surface area (Å²) in [4.78, 5) is 37.7. The van der Waals surface area contributed by atoms with E-state index in [2.05, 4.69) is 15.9 Å². The molecule has 6 nitrogen and oxygen atoms in total. The van der Waals surface area contributed by atoms with Crippen LogP contribution in [0.1, 0.15) is 35.6 Å². The molecule has 0 saturated carbocycles. The number of aliphatic hydroxyl groups is 1. The number of nitrogens with zero attached hydrogens (tertiary/aromatic N) is 1. The summed E-state index contributed by atoms with van der Waals surface area (Å²) in [6.07, 6.45) is 0.0912. The van der Waals surface area contributed by atoms with E-state index in [1.165, 1.54) is 4.90 Å². The van der Waals surface area contributed by atoms with Gasteiger partial charge in [0.25, 0.3) is 11.7 Å². The van der Waals surface area contributed by atoms with Crippen LogP contribution in [-0.2, 0) is 14.4 Å². The van der Waals surface area contributed by atoms with Crippen molar-refractivity contribution in [3.63, 3.8) is 0 Å². The van der Waals surface area contributed by atoms with Gasteiger partial charge in [0.2, 0.25) is 0 Å². The number of aryl methyl sites for hydroxylation is 1. The standard InChI is InChI=1S/C22H20BrNO5/c1-13-4-6-15(7-5-13)20(27)18-19(14-8-10-16(23)11-9-14)24(22(29)21(18)28)12-2-3-17(25)26/h4-11,19,27H,2-3,12H2,1H3,(H,25,26)/b20-18+/t19-/m0/s1. The number of carboxylic acid groups (broad SMARTS) is 1. The van der Waals surface area contributed by atoms with E-state index in [1.54, 1.807) is 36.4 Å². The number of carbonyl (C=O) groups excluding carboxylic acids is 2. The molecule has 150 valence electrons. The molecule has 0 aromatic heterocycles. The number of ketones is 1. The van der Waals surface area contributed by atoms with Crippen LogP contribution in [0.3, 0.4) is 0 Å². The van der Waals surface area contributed by atoms with Crippen LogP contribution in [0.5, 0.6) is 0 Å². The average molecular weight is 458 g/mol. The Balaban J connectivity index is 2.08. The number of rotatable bonds is 6. The van der Waals surface area contributed by atoms with Crippen molar-refractivity contribution in [1.29, 1.82) is 0 Å². The summed E-state index contributed by atoms with van der Waals surface area (Å²) in [6.45, 7) is 2.01. The molecule has 3 rings (SSSR count). The number of carboxylic acids is 1. The second kappa shape index (κ2) is 8.61. The summed E-state index contributed by atoms with van der Waals surface area (Å²) in [5.74, 6) is -2.72. The van der Waals surface area contributed by atoms with Crippen LogP contribution in [0, 0.1) is 6.92 Å². The molecule has 1 saturated heterocycles. The predicted molar refractivity (Wildman–Crippen MR) is 111 cm³/mol. The van der Waals surface area contributed by atoms with Gasteiger partial charge in [-0.2, -0.15) is 0 Å². The van der Waals surface area contributed by atoms with Crippen molar-refractivity contribution >= 4 is 39.3 Å². The van der Waals surface area contributed by atoms with Crippen molar-refractivity contribution in [3.8, 4) is 0 Å². The van der Waals surface area contributed by atoms with Gasteiger partial charge in [0.15, 0.2) is 0 Å². The molecule has 1 amide bonds. The predicted octanol–water partition coefficient (Wildman–Crippen LogP) is 4.04. The zero-order valence-electron chi connectivity index (χ0n) is 15.8. The average Bonchev–Trinajstić information content (AvgIpc) is 2.93. The van der Waals surface area contributed by atoms with Crippen molar-refractivity contribution in [2.45, 2.75) is 25.8 Å². The van der Waals surface area contributed by atoms with Gasteiger partial charge in [-0.05, 0) is 31.0 Å². The minimum Gasteiger partial charge on any atom is -0.507 e. The fourth-order valence-corrected chi connectivity index (χ4v) is 3.63. The molecule has 1 aliphatic rings. The number of halogens is 1. The van der Waals surface area contributed by atoms with Crippen LogP contribution in [0.15, 0.2) is 58.6 Å². The Labute approximate surface area is 176 Å². The van der Waals surface area contributed by atoms with Gasteiger partial charge in [0, 0.05) is 23.0 Å². The molecule has 2 N–H and O–H groups in total. The summed E-state index contributed by atoms with van der Waals surface area (Å²) in [6, 6.07) is 13.4. The summed E-state index contributed by atoms with van der Waals surface area (Å²) < 4.78 is 0.836. The second-order valence-corrected chi connectivity index (χ2v) is 7.82. The Hall–Kier alpha value is -2.93. The Morgan fingerprint density at radius 2 is 1.66 bits per heavy atom. The zero-order valence-corrected chi connectivity index (χ0v) is 17.3. The molecule has 2 aromatic carbocycles. The third kappa shape index (κ3) is 4.40. The van der Waals surface area contributed by atoms with Gasteiger partial charge in [-0.1, -0.05) is 57.9 Å². The molecule has 0 spiro atoms. The van der Waals surface area contributed by atoms with E-state index in [9.17, 15) is 19.5 Å². The fourth-order valence-electron chi connectivity index (χ4n) is 3.37. The summed E-state index contributed by atoms with van der Waals surface area (Å²) in [5, 5.41) is 19.8. The maximum Gasteiger partial charge on any atom is 0.303 e. The zero-order chi connectivity index (χ0) is 21.1. The van der Waals surface area contributed by atoms with E-state index in [0.717, 1.165) is 10.0 Å². The molecular weight excluding hydrogens is 438 g/mol. The van der Waals surface area contributed by atoms with Crippen molar-refractivity contribution in [1.82, 2.24) is 4.90 Å². The maximum absolute atomic E-state index is 12.8. The first-order valence-electron chi connectivity index (χ1n) is 9.12. The first kappa shape index (κ1) is 20.8. The SMILES string of the molecule is Cc1ccc(/C(O)=C2\C(=O)C(=O)N(CCCC(=O)O)[C@H]2c2ccc(Br)cc2)cc1.